The molecule has 2 saturated heterocycles. The van der Waals surface area contributed by atoms with E-state index >= 15 is 0 Å². The summed E-state index contributed by atoms with van der Waals surface area (Å²) in [4.78, 5) is 26.2. The number of pyridine rings is 1. The van der Waals surface area contributed by atoms with Crippen molar-refractivity contribution in [3.05, 3.63) is 40.2 Å². The molecule has 0 saturated carbocycles. The molecule has 9 heteroatoms. The standard InChI is InChI=1S/C18H20N2O6S/c1-11-6-16(21)19-15-3-2-13(7-14(11)15)27(24,25)20-8-12-4-5-26-10-18(12,9-20)17(22)23/h2-3,6-7,12H,4-5,8-10H2,1H3,(H,19,21)(H,22,23)/t12-,18+/m0/s1. The molecule has 2 aromatic rings. The van der Waals surface area contributed by atoms with Crippen LogP contribution in [0.4, 0.5) is 0 Å². The maximum Gasteiger partial charge on any atom is 0.313 e. The van der Waals surface area contributed by atoms with Crippen LogP contribution in [-0.4, -0.2) is 55.1 Å². The minimum atomic E-state index is -3.86. The predicted molar refractivity (Wildman–Crippen MR) is 97.1 cm³/mol. The Morgan fingerprint density at radius 2 is 2.15 bits per heavy atom. The number of carboxylic acid groups (broad SMARTS) is 1. The Hall–Kier alpha value is -2.23. The lowest BCUT2D eigenvalue weighted by molar-refractivity contribution is -0.159. The number of rotatable bonds is 3. The van der Waals surface area contributed by atoms with Crippen LogP contribution >= 0.6 is 0 Å². The van der Waals surface area contributed by atoms with Crippen molar-refractivity contribution in [2.24, 2.45) is 11.3 Å². The first-order valence-electron chi connectivity index (χ1n) is 8.69. The topological polar surface area (TPSA) is 117 Å². The molecule has 144 valence electrons. The number of carbonyl (C=O) groups is 1. The van der Waals surface area contributed by atoms with E-state index < -0.39 is 21.4 Å². The Morgan fingerprint density at radius 1 is 1.37 bits per heavy atom. The van der Waals surface area contributed by atoms with E-state index in [1.165, 1.54) is 22.5 Å². The third kappa shape index (κ3) is 2.77. The molecule has 1 aromatic carbocycles. The van der Waals surface area contributed by atoms with E-state index in [4.69, 9.17) is 4.74 Å². The quantitative estimate of drug-likeness (QED) is 0.803. The molecule has 3 heterocycles. The molecule has 2 aliphatic rings. The number of H-pyrrole nitrogens is 1. The highest BCUT2D eigenvalue weighted by Gasteiger charge is 2.56. The molecule has 2 N–H and O–H groups in total. The number of ether oxygens (including phenoxy) is 1. The molecule has 0 bridgehead atoms. The van der Waals surface area contributed by atoms with Gasteiger partial charge in [-0.3, -0.25) is 9.59 Å². The number of sulfonamides is 1. The number of hydrogen-bond acceptors (Lipinski definition) is 5. The molecule has 0 radical (unpaired) electrons. The summed E-state index contributed by atoms with van der Waals surface area (Å²) in [5.41, 5.74) is -0.202. The van der Waals surface area contributed by atoms with Gasteiger partial charge in [-0.15, -0.1) is 0 Å². The molecule has 27 heavy (non-hydrogen) atoms. The van der Waals surface area contributed by atoms with E-state index in [-0.39, 0.29) is 36.1 Å². The number of aromatic amines is 1. The second-order valence-electron chi connectivity index (χ2n) is 7.32. The van der Waals surface area contributed by atoms with Gasteiger partial charge in [-0.2, -0.15) is 4.31 Å². The van der Waals surface area contributed by atoms with Crippen molar-refractivity contribution < 1.29 is 23.1 Å². The van der Waals surface area contributed by atoms with Crippen LogP contribution < -0.4 is 5.56 Å². The number of aryl methyl sites for hydroxylation is 1. The van der Waals surface area contributed by atoms with Crippen LogP contribution in [0.2, 0.25) is 0 Å². The number of aliphatic carboxylic acids is 1. The fraction of sp³-hybridized carbons (Fsp3) is 0.444. The minimum Gasteiger partial charge on any atom is -0.481 e. The highest BCUT2D eigenvalue weighted by molar-refractivity contribution is 7.89. The van der Waals surface area contributed by atoms with Crippen molar-refractivity contribution in [1.29, 1.82) is 0 Å². The molecule has 0 spiro atoms. The van der Waals surface area contributed by atoms with Gasteiger partial charge in [-0.05, 0) is 43.0 Å². The van der Waals surface area contributed by atoms with Gasteiger partial charge in [-0.1, -0.05) is 0 Å². The van der Waals surface area contributed by atoms with Crippen LogP contribution in [0.5, 0.6) is 0 Å². The smallest absolute Gasteiger partial charge is 0.313 e. The van der Waals surface area contributed by atoms with Crippen molar-refractivity contribution in [1.82, 2.24) is 9.29 Å². The zero-order chi connectivity index (χ0) is 19.4. The summed E-state index contributed by atoms with van der Waals surface area (Å²) in [6.07, 6.45) is 0.524. The first kappa shape index (κ1) is 18.1. The monoisotopic (exact) mass is 392 g/mol. The van der Waals surface area contributed by atoms with Crippen molar-refractivity contribution in [3.8, 4) is 0 Å². The van der Waals surface area contributed by atoms with Gasteiger partial charge in [0.1, 0.15) is 5.41 Å². The fourth-order valence-electron chi connectivity index (χ4n) is 4.14. The number of nitrogens with one attached hydrogen (secondary N) is 1. The molecule has 2 aliphatic heterocycles. The summed E-state index contributed by atoms with van der Waals surface area (Å²) in [6, 6.07) is 5.95. The second kappa shape index (κ2) is 6.15. The third-order valence-corrected chi connectivity index (χ3v) is 7.53. The van der Waals surface area contributed by atoms with E-state index in [1.54, 1.807) is 13.0 Å². The molecule has 8 nitrogen and oxygen atoms in total. The molecular formula is C18H20N2O6S. The molecule has 2 fully saturated rings. The van der Waals surface area contributed by atoms with Crippen LogP contribution in [0.15, 0.2) is 34.0 Å². The largest absolute Gasteiger partial charge is 0.481 e. The van der Waals surface area contributed by atoms with E-state index in [1.807, 2.05) is 0 Å². The molecule has 0 amide bonds. The Bertz CT molecular complexity index is 1090. The lowest BCUT2D eigenvalue weighted by Crippen LogP contribution is -2.46. The minimum absolute atomic E-state index is 0.0249. The molecule has 2 atom stereocenters. The van der Waals surface area contributed by atoms with Gasteiger partial charge in [0.25, 0.3) is 0 Å². The number of fused-ring (bicyclic) bond motifs is 2. The average Bonchev–Trinajstić information content (AvgIpc) is 3.03. The first-order valence-corrected chi connectivity index (χ1v) is 10.1. The van der Waals surface area contributed by atoms with Gasteiger partial charge in [0.2, 0.25) is 15.6 Å². The molecule has 1 aromatic heterocycles. The number of carboxylic acids is 1. The molecule has 0 aliphatic carbocycles. The Labute approximate surface area is 155 Å². The maximum atomic E-state index is 13.2. The first-order chi connectivity index (χ1) is 12.7. The van der Waals surface area contributed by atoms with Gasteiger partial charge in [0.15, 0.2) is 0 Å². The van der Waals surface area contributed by atoms with Crippen molar-refractivity contribution >= 4 is 26.9 Å². The summed E-state index contributed by atoms with van der Waals surface area (Å²) >= 11 is 0. The average molecular weight is 392 g/mol. The summed E-state index contributed by atoms with van der Waals surface area (Å²) in [5.74, 6) is -1.28. The third-order valence-electron chi connectivity index (χ3n) is 5.72. The van der Waals surface area contributed by atoms with Gasteiger partial charge in [0.05, 0.1) is 11.5 Å². The van der Waals surface area contributed by atoms with E-state index in [0.717, 1.165) is 0 Å². The summed E-state index contributed by atoms with van der Waals surface area (Å²) in [7, 11) is -3.86. The van der Waals surface area contributed by atoms with Crippen LogP contribution in [0.25, 0.3) is 10.9 Å². The van der Waals surface area contributed by atoms with E-state index in [9.17, 15) is 23.1 Å². The molecular weight excluding hydrogens is 372 g/mol. The molecule has 4 rings (SSSR count). The zero-order valence-electron chi connectivity index (χ0n) is 14.8. The van der Waals surface area contributed by atoms with Crippen LogP contribution in [0.1, 0.15) is 12.0 Å². The second-order valence-corrected chi connectivity index (χ2v) is 9.26. The number of nitrogens with zero attached hydrogens (tertiary/aromatic N) is 1. The Morgan fingerprint density at radius 3 is 2.85 bits per heavy atom. The Balaban J connectivity index is 1.75. The van der Waals surface area contributed by atoms with Gasteiger partial charge >= 0.3 is 5.97 Å². The van der Waals surface area contributed by atoms with Crippen molar-refractivity contribution in [2.45, 2.75) is 18.2 Å². The lowest BCUT2D eigenvalue weighted by Gasteiger charge is -2.34. The van der Waals surface area contributed by atoms with E-state index in [2.05, 4.69) is 4.98 Å². The highest BCUT2D eigenvalue weighted by Crippen LogP contribution is 2.43. The lowest BCUT2D eigenvalue weighted by atomic mass is 9.76. The van der Waals surface area contributed by atoms with E-state index in [0.29, 0.717) is 29.5 Å². The van der Waals surface area contributed by atoms with Crippen LogP contribution in [0.3, 0.4) is 0 Å². The summed E-state index contributed by atoms with van der Waals surface area (Å²) in [6.45, 7) is 2.28. The van der Waals surface area contributed by atoms with Gasteiger partial charge in [-0.25, -0.2) is 8.42 Å². The summed E-state index contributed by atoms with van der Waals surface area (Å²) in [5, 5.41) is 10.4. The van der Waals surface area contributed by atoms with Crippen LogP contribution in [-0.2, 0) is 19.6 Å². The number of hydrogen-bond donors (Lipinski definition) is 2. The predicted octanol–water partition coefficient (Wildman–Crippen LogP) is 0.948. The summed E-state index contributed by atoms with van der Waals surface area (Å²) < 4.78 is 33.0. The van der Waals surface area contributed by atoms with Crippen molar-refractivity contribution in [3.63, 3.8) is 0 Å². The Kier molecular flexibility index (Phi) is 4.13. The normalized spacial score (nSPS) is 26.2. The molecule has 0 unspecified atom stereocenters. The zero-order valence-corrected chi connectivity index (χ0v) is 15.6. The number of aromatic nitrogens is 1. The highest BCUT2D eigenvalue weighted by atomic mass is 32.2. The van der Waals surface area contributed by atoms with Crippen molar-refractivity contribution in [2.75, 3.05) is 26.3 Å². The maximum absolute atomic E-state index is 13.2. The van der Waals surface area contributed by atoms with Gasteiger partial charge in [0, 0.05) is 36.7 Å². The van der Waals surface area contributed by atoms with Crippen LogP contribution in [0, 0.1) is 18.3 Å². The number of benzene rings is 1. The van der Waals surface area contributed by atoms with Gasteiger partial charge < -0.3 is 14.8 Å². The fourth-order valence-corrected chi connectivity index (χ4v) is 5.72. The SMILES string of the molecule is Cc1cc(=O)[nH]c2ccc(S(=O)(=O)N3C[C@@H]4CCOC[C@]4(C(=O)O)C3)cc12.